The van der Waals surface area contributed by atoms with Crippen LogP contribution >= 0.6 is 0 Å². The van der Waals surface area contributed by atoms with Crippen LogP contribution in [-0.2, 0) is 6.54 Å². The zero-order chi connectivity index (χ0) is 17.4. The lowest BCUT2D eigenvalue weighted by molar-refractivity contribution is 0.104. The van der Waals surface area contributed by atoms with Crippen LogP contribution in [0.3, 0.4) is 0 Å². The number of aliphatic hydroxyl groups is 1. The highest BCUT2D eigenvalue weighted by Crippen LogP contribution is 2.37. The van der Waals surface area contributed by atoms with Crippen LogP contribution in [0.5, 0.6) is 0 Å². The Morgan fingerprint density at radius 2 is 1.92 bits per heavy atom. The van der Waals surface area contributed by atoms with Gasteiger partial charge in [-0.3, -0.25) is 4.79 Å². The summed E-state index contributed by atoms with van der Waals surface area (Å²) in [5, 5.41) is 25.7. The Balaban J connectivity index is 1.53. The van der Waals surface area contributed by atoms with Gasteiger partial charge in [0.25, 0.3) is 5.82 Å². The van der Waals surface area contributed by atoms with Gasteiger partial charge >= 0.3 is 0 Å². The molecule has 2 N–H and O–H groups in total. The van der Waals surface area contributed by atoms with Crippen LogP contribution < -0.4 is 5.32 Å². The molecule has 25 heavy (non-hydrogen) atoms. The van der Waals surface area contributed by atoms with Gasteiger partial charge < -0.3 is 10.4 Å². The Morgan fingerprint density at radius 1 is 1.16 bits per heavy atom. The van der Waals surface area contributed by atoms with Crippen LogP contribution in [0.4, 0.5) is 5.69 Å². The topological polar surface area (TPSA) is 104 Å². The number of nitrogens with zero attached hydrogens (tertiary/aromatic N) is 4. The number of rotatable bonds is 4. The molecule has 3 aromatic rings. The van der Waals surface area contributed by atoms with Crippen molar-refractivity contribution >= 4 is 11.5 Å². The number of hydrogen-bond acceptors (Lipinski definition) is 6. The summed E-state index contributed by atoms with van der Waals surface area (Å²) in [6, 6.07) is 14.8. The number of ketones is 1. The summed E-state index contributed by atoms with van der Waals surface area (Å²) >= 11 is 0. The van der Waals surface area contributed by atoms with Crippen LogP contribution in [0, 0.1) is 11.3 Å². The minimum Gasteiger partial charge on any atom is -0.372 e. The standard InChI is InChI=1S/C18H13N5O2/c19-8-16-20-10-23(22-16)9-17(24)21-11-5-6-13-12-3-1-2-4-14(12)18(25)15(13)7-11/h1-7,10,17,21,24H,9H2. The summed E-state index contributed by atoms with van der Waals surface area (Å²) in [7, 11) is 0. The molecule has 0 bridgehead atoms. The summed E-state index contributed by atoms with van der Waals surface area (Å²) in [6.07, 6.45) is 0.442. The number of benzene rings is 2. The highest BCUT2D eigenvalue weighted by atomic mass is 16.3. The molecular weight excluding hydrogens is 318 g/mol. The highest BCUT2D eigenvalue weighted by Gasteiger charge is 2.26. The van der Waals surface area contributed by atoms with Gasteiger partial charge in [0.15, 0.2) is 5.78 Å². The van der Waals surface area contributed by atoms with Crippen LogP contribution in [0.1, 0.15) is 21.7 Å². The van der Waals surface area contributed by atoms with Gasteiger partial charge in [-0.05, 0) is 23.3 Å². The van der Waals surface area contributed by atoms with Crippen molar-refractivity contribution in [2.24, 2.45) is 0 Å². The first-order chi connectivity index (χ1) is 12.2. The van der Waals surface area contributed by atoms with Crippen molar-refractivity contribution in [1.82, 2.24) is 14.8 Å². The predicted octanol–water partition coefficient (Wildman–Crippen LogP) is 1.79. The number of fused-ring (bicyclic) bond motifs is 3. The smallest absolute Gasteiger partial charge is 0.252 e. The maximum absolute atomic E-state index is 12.5. The molecule has 2 aromatic carbocycles. The van der Waals surface area contributed by atoms with Crippen molar-refractivity contribution in [1.29, 1.82) is 5.26 Å². The SMILES string of the molecule is N#Cc1ncn(CC(O)Nc2ccc3c(c2)C(=O)c2ccccc2-3)n1. The molecule has 1 aromatic heterocycles. The van der Waals surface area contributed by atoms with Gasteiger partial charge in [-0.15, -0.1) is 5.10 Å². The third-order valence-electron chi connectivity index (χ3n) is 4.06. The summed E-state index contributed by atoms with van der Waals surface area (Å²) in [6.45, 7) is 0.125. The van der Waals surface area contributed by atoms with Crippen LogP contribution in [0.2, 0.25) is 0 Å². The van der Waals surface area contributed by atoms with Crippen molar-refractivity contribution in [3.8, 4) is 17.2 Å². The first-order valence-electron chi connectivity index (χ1n) is 7.68. The minimum absolute atomic E-state index is 0.0151. The zero-order valence-corrected chi connectivity index (χ0v) is 13.0. The number of hydrogen-bond donors (Lipinski definition) is 2. The largest absolute Gasteiger partial charge is 0.372 e. The quantitative estimate of drug-likeness (QED) is 0.553. The Morgan fingerprint density at radius 3 is 2.68 bits per heavy atom. The van der Waals surface area contributed by atoms with E-state index in [0.717, 1.165) is 11.1 Å². The molecule has 7 nitrogen and oxygen atoms in total. The maximum atomic E-state index is 12.5. The van der Waals surface area contributed by atoms with Gasteiger partial charge in [-0.25, -0.2) is 9.67 Å². The fourth-order valence-corrected chi connectivity index (χ4v) is 2.97. The Kier molecular flexibility index (Phi) is 3.52. The van der Waals surface area contributed by atoms with Crippen LogP contribution in [0.15, 0.2) is 48.8 Å². The molecule has 1 unspecified atom stereocenters. The average molecular weight is 331 g/mol. The normalized spacial score (nSPS) is 13.0. The molecule has 4 rings (SSSR count). The lowest BCUT2D eigenvalue weighted by Crippen LogP contribution is -2.25. The van der Waals surface area contributed by atoms with Crippen LogP contribution in [0.25, 0.3) is 11.1 Å². The number of nitrogens with one attached hydrogen (secondary N) is 1. The van der Waals surface area contributed by atoms with E-state index in [1.807, 2.05) is 42.5 Å². The molecule has 1 atom stereocenters. The number of aliphatic hydroxyl groups excluding tert-OH is 1. The molecule has 1 heterocycles. The second kappa shape index (κ2) is 5.85. The lowest BCUT2D eigenvalue weighted by atomic mass is 10.1. The molecule has 7 heteroatoms. The summed E-state index contributed by atoms with van der Waals surface area (Å²) in [4.78, 5) is 16.3. The van der Waals surface area contributed by atoms with Gasteiger partial charge in [-0.1, -0.05) is 30.3 Å². The molecule has 0 radical (unpaired) electrons. The van der Waals surface area contributed by atoms with E-state index >= 15 is 0 Å². The van der Waals surface area contributed by atoms with Gasteiger partial charge in [0.05, 0.1) is 6.54 Å². The van der Waals surface area contributed by atoms with Crippen LogP contribution in [-0.4, -0.2) is 31.9 Å². The van der Waals surface area contributed by atoms with E-state index in [2.05, 4.69) is 15.4 Å². The van der Waals surface area contributed by atoms with Crippen molar-refractivity contribution < 1.29 is 9.90 Å². The second-order valence-corrected chi connectivity index (χ2v) is 5.70. The van der Waals surface area contributed by atoms with Crippen molar-refractivity contribution in [2.75, 3.05) is 5.32 Å². The Labute approximate surface area is 143 Å². The molecule has 0 saturated carbocycles. The Hall–Kier alpha value is -3.50. The summed E-state index contributed by atoms with van der Waals surface area (Å²) in [5.74, 6) is 0.0340. The molecule has 1 aliphatic rings. The van der Waals surface area contributed by atoms with E-state index in [4.69, 9.17) is 5.26 Å². The fourth-order valence-electron chi connectivity index (χ4n) is 2.97. The maximum Gasteiger partial charge on any atom is 0.252 e. The average Bonchev–Trinajstić information content (AvgIpc) is 3.18. The molecular formula is C18H13N5O2. The zero-order valence-electron chi connectivity index (χ0n) is 13.0. The third-order valence-corrected chi connectivity index (χ3v) is 4.06. The third kappa shape index (κ3) is 2.65. The van der Waals surface area contributed by atoms with E-state index in [1.165, 1.54) is 11.0 Å². The van der Waals surface area contributed by atoms with Crippen molar-refractivity contribution in [2.45, 2.75) is 12.8 Å². The monoisotopic (exact) mass is 331 g/mol. The van der Waals surface area contributed by atoms with Gasteiger partial charge in [0, 0.05) is 16.8 Å². The first kappa shape index (κ1) is 15.1. The van der Waals surface area contributed by atoms with Gasteiger partial charge in [0.1, 0.15) is 18.6 Å². The highest BCUT2D eigenvalue weighted by molar-refractivity contribution is 6.22. The van der Waals surface area contributed by atoms with Crippen molar-refractivity contribution in [3.05, 3.63) is 65.7 Å². The van der Waals surface area contributed by atoms with Crippen molar-refractivity contribution in [3.63, 3.8) is 0 Å². The summed E-state index contributed by atoms with van der Waals surface area (Å²) < 4.78 is 1.38. The van der Waals surface area contributed by atoms with E-state index in [9.17, 15) is 9.90 Å². The molecule has 0 amide bonds. The minimum atomic E-state index is -0.940. The van der Waals surface area contributed by atoms with E-state index in [-0.39, 0.29) is 18.2 Å². The van der Waals surface area contributed by atoms with E-state index < -0.39 is 6.23 Å². The number of nitriles is 1. The molecule has 0 fully saturated rings. The number of aromatic nitrogens is 3. The summed E-state index contributed by atoms with van der Waals surface area (Å²) in [5.41, 5.74) is 3.78. The number of anilines is 1. The second-order valence-electron chi connectivity index (χ2n) is 5.70. The Bertz CT molecular complexity index is 1020. The predicted molar refractivity (Wildman–Crippen MR) is 89.7 cm³/mol. The first-order valence-corrected chi connectivity index (χ1v) is 7.68. The number of carbonyl (C=O) groups excluding carboxylic acids is 1. The van der Waals surface area contributed by atoms with E-state index in [0.29, 0.717) is 16.8 Å². The van der Waals surface area contributed by atoms with Gasteiger partial charge in [0.2, 0.25) is 0 Å². The molecule has 122 valence electrons. The van der Waals surface area contributed by atoms with Gasteiger partial charge in [-0.2, -0.15) is 5.26 Å². The molecule has 0 saturated heterocycles. The van der Waals surface area contributed by atoms with E-state index in [1.54, 1.807) is 6.07 Å². The lowest BCUT2D eigenvalue weighted by Gasteiger charge is -2.14. The fraction of sp³-hybridized carbons (Fsp3) is 0.111. The number of carbonyl (C=O) groups is 1. The molecule has 0 spiro atoms. The molecule has 0 aliphatic heterocycles. The molecule has 1 aliphatic carbocycles.